The van der Waals surface area contributed by atoms with E-state index in [-0.39, 0.29) is 23.3 Å². The molecule has 0 aliphatic carbocycles. The molecule has 0 fully saturated rings. The number of halogens is 3. The average Bonchev–Trinajstić information content (AvgIpc) is 2.14. The van der Waals surface area contributed by atoms with Crippen LogP contribution in [-0.4, -0.2) is 24.7 Å². The Morgan fingerprint density at radius 3 is 2.50 bits per heavy atom. The number of carbonyl (C=O) groups is 1. The summed E-state index contributed by atoms with van der Waals surface area (Å²) in [5.74, 6) is -0.818. The van der Waals surface area contributed by atoms with E-state index in [1.807, 2.05) is 0 Å². The van der Waals surface area contributed by atoms with Gasteiger partial charge >= 0.3 is 6.36 Å². The van der Waals surface area contributed by atoms with E-state index in [2.05, 4.69) is 9.72 Å². The van der Waals surface area contributed by atoms with Crippen molar-refractivity contribution in [1.29, 1.82) is 0 Å². The second kappa shape index (κ2) is 4.38. The number of methoxy groups -OCH3 is 1. The zero-order valence-electron chi connectivity index (χ0n) is 8.46. The normalized spacial score (nSPS) is 11.1. The van der Waals surface area contributed by atoms with Gasteiger partial charge in [0.2, 0.25) is 5.88 Å². The topological polar surface area (TPSA) is 48.4 Å². The standard InChI is InChI=1S/C9H8F3NO3/c1-5-3-7(15-2)6(4-14)8(13-5)16-9(10,11)12/h3-4H,1-2H3. The Balaban J connectivity index is 3.25. The van der Waals surface area contributed by atoms with Crippen molar-refractivity contribution in [2.24, 2.45) is 0 Å². The lowest BCUT2D eigenvalue weighted by molar-refractivity contribution is -0.276. The Kier molecular flexibility index (Phi) is 3.36. The summed E-state index contributed by atoms with van der Waals surface area (Å²) in [6.45, 7) is 1.46. The summed E-state index contributed by atoms with van der Waals surface area (Å²) in [6.07, 6.45) is -4.70. The van der Waals surface area contributed by atoms with Gasteiger partial charge in [-0.1, -0.05) is 0 Å². The smallest absolute Gasteiger partial charge is 0.496 e. The van der Waals surface area contributed by atoms with Gasteiger partial charge in [0.1, 0.15) is 11.3 Å². The van der Waals surface area contributed by atoms with Crippen LogP contribution in [0.1, 0.15) is 16.1 Å². The highest BCUT2D eigenvalue weighted by Gasteiger charge is 2.33. The average molecular weight is 235 g/mol. The number of alkyl halides is 3. The molecule has 0 unspecified atom stereocenters. The number of rotatable bonds is 3. The number of ether oxygens (including phenoxy) is 2. The number of aromatic nitrogens is 1. The van der Waals surface area contributed by atoms with Gasteiger partial charge in [-0.15, -0.1) is 13.2 Å². The second-order valence-electron chi connectivity index (χ2n) is 2.85. The lowest BCUT2D eigenvalue weighted by atomic mass is 10.2. The fourth-order valence-electron chi connectivity index (χ4n) is 1.09. The minimum atomic E-state index is -4.90. The first-order valence-electron chi connectivity index (χ1n) is 4.14. The third kappa shape index (κ3) is 2.85. The number of aryl methyl sites for hydroxylation is 1. The molecule has 0 atom stereocenters. The van der Waals surface area contributed by atoms with Gasteiger partial charge in [-0.25, -0.2) is 4.98 Å². The molecule has 4 nitrogen and oxygen atoms in total. The lowest BCUT2D eigenvalue weighted by Gasteiger charge is -2.12. The molecule has 0 radical (unpaired) electrons. The van der Waals surface area contributed by atoms with Gasteiger partial charge in [-0.3, -0.25) is 4.79 Å². The second-order valence-corrected chi connectivity index (χ2v) is 2.85. The molecule has 88 valence electrons. The highest BCUT2D eigenvalue weighted by molar-refractivity contribution is 5.82. The minimum absolute atomic E-state index is 0.0123. The molecule has 1 heterocycles. The quantitative estimate of drug-likeness (QED) is 0.753. The lowest BCUT2D eigenvalue weighted by Crippen LogP contribution is -2.19. The van der Waals surface area contributed by atoms with Gasteiger partial charge in [-0.2, -0.15) is 0 Å². The van der Waals surface area contributed by atoms with Crippen LogP contribution in [0.2, 0.25) is 0 Å². The fourth-order valence-corrected chi connectivity index (χ4v) is 1.09. The highest BCUT2D eigenvalue weighted by atomic mass is 19.4. The van der Waals surface area contributed by atoms with Crippen LogP contribution in [-0.2, 0) is 0 Å². The first-order chi connectivity index (χ1) is 7.37. The van der Waals surface area contributed by atoms with Crippen LogP contribution in [0, 0.1) is 6.92 Å². The third-order valence-corrected chi connectivity index (χ3v) is 1.66. The summed E-state index contributed by atoms with van der Waals surface area (Å²) < 4.78 is 44.4. The Morgan fingerprint density at radius 1 is 1.44 bits per heavy atom. The Morgan fingerprint density at radius 2 is 2.06 bits per heavy atom. The Bertz CT molecular complexity index is 404. The molecular formula is C9H8F3NO3. The van der Waals surface area contributed by atoms with E-state index in [1.165, 1.54) is 20.1 Å². The summed E-state index contributed by atoms with van der Waals surface area (Å²) in [5.41, 5.74) is -0.118. The summed E-state index contributed by atoms with van der Waals surface area (Å²) in [5, 5.41) is 0. The SMILES string of the molecule is COc1cc(C)nc(OC(F)(F)F)c1C=O. The van der Waals surface area contributed by atoms with Crippen LogP contribution in [0.3, 0.4) is 0 Å². The van der Waals surface area contributed by atoms with Gasteiger partial charge in [0.15, 0.2) is 6.29 Å². The van der Waals surface area contributed by atoms with Crippen LogP contribution < -0.4 is 9.47 Å². The third-order valence-electron chi connectivity index (χ3n) is 1.66. The summed E-state index contributed by atoms with van der Waals surface area (Å²) in [4.78, 5) is 14.1. The molecule has 1 aromatic heterocycles. The first kappa shape index (κ1) is 12.3. The zero-order valence-corrected chi connectivity index (χ0v) is 8.46. The maximum Gasteiger partial charge on any atom is 0.574 e. The van der Waals surface area contributed by atoms with Crippen LogP contribution in [0.5, 0.6) is 11.6 Å². The molecule has 0 saturated heterocycles. The molecule has 0 amide bonds. The number of pyridine rings is 1. The van der Waals surface area contributed by atoms with Crippen LogP contribution in [0.4, 0.5) is 13.2 Å². The summed E-state index contributed by atoms with van der Waals surface area (Å²) >= 11 is 0. The van der Waals surface area contributed by atoms with E-state index in [0.717, 1.165) is 0 Å². The minimum Gasteiger partial charge on any atom is -0.496 e. The van der Waals surface area contributed by atoms with Crippen molar-refractivity contribution in [2.75, 3.05) is 7.11 Å². The van der Waals surface area contributed by atoms with Crippen molar-refractivity contribution < 1.29 is 27.4 Å². The largest absolute Gasteiger partial charge is 0.574 e. The van der Waals surface area contributed by atoms with E-state index in [0.29, 0.717) is 0 Å². The van der Waals surface area contributed by atoms with E-state index in [9.17, 15) is 18.0 Å². The van der Waals surface area contributed by atoms with Crippen molar-refractivity contribution in [1.82, 2.24) is 4.98 Å². The molecular weight excluding hydrogens is 227 g/mol. The van der Waals surface area contributed by atoms with Crippen molar-refractivity contribution in [2.45, 2.75) is 13.3 Å². The number of hydrogen-bond donors (Lipinski definition) is 0. The van der Waals surface area contributed by atoms with Gasteiger partial charge in [0, 0.05) is 11.8 Å². The van der Waals surface area contributed by atoms with Crippen molar-refractivity contribution in [3.05, 3.63) is 17.3 Å². The van der Waals surface area contributed by atoms with E-state index < -0.39 is 12.2 Å². The van der Waals surface area contributed by atoms with Gasteiger partial charge in [0.05, 0.1) is 7.11 Å². The van der Waals surface area contributed by atoms with Crippen LogP contribution >= 0.6 is 0 Å². The molecule has 7 heteroatoms. The van der Waals surface area contributed by atoms with E-state index in [4.69, 9.17) is 4.74 Å². The predicted octanol–water partition coefficient (Wildman–Crippen LogP) is 2.11. The first-order valence-corrected chi connectivity index (χ1v) is 4.14. The van der Waals surface area contributed by atoms with Crippen LogP contribution in [0.15, 0.2) is 6.07 Å². The van der Waals surface area contributed by atoms with Crippen molar-refractivity contribution in [3.8, 4) is 11.6 Å². The maximum absolute atomic E-state index is 12.0. The Labute approximate surface area is 89.0 Å². The number of hydrogen-bond acceptors (Lipinski definition) is 4. The molecule has 0 aromatic carbocycles. The van der Waals surface area contributed by atoms with E-state index >= 15 is 0 Å². The molecule has 16 heavy (non-hydrogen) atoms. The van der Waals surface area contributed by atoms with E-state index in [1.54, 1.807) is 0 Å². The molecule has 0 N–H and O–H groups in total. The highest BCUT2D eigenvalue weighted by Crippen LogP contribution is 2.29. The molecule has 0 saturated carbocycles. The molecule has 0 spiro atoms. The number of nitrogens with zero attached hydrogens (tertiary/aromatic N) is 1. The molecule has 1 aromatic rings. The number of aldehydes is 1. The molecule has 1 rings (SSSR count). The van der Waals surface area contributed by atoms with Gasteiger partial charge in [-0.05, 0) is 6.92 Å². The van der Waals surface area contributed by atoms with Gasteiger partial charge < -0.3 is 9.47 Å². The number of carbonyl (C=O) groups excluding carboxylic acids is 1. The van der Waals surface area contributed by atoms with Crippen molar-refractivity contribution in [3.63, 3.8) is 0 Å². The maximum atomic E-state index is 12.0. The van der Waals surface area contributed by atoms with Gasteiger partial charge in [0.25, 0.3) is 0 Å². The molecule has 0 aliphatic heterocycles. The van der Waals surface area contributed by atoms with Crippen molar-refractivity contribution >= 4 is 6.29 Å². The zero-order chi connectivity index (χ0) is 12.3. The Hall–Kier alpha value is -1.79. The molecule has 0 aliphatic rings. The van der Waals surface area contributed by atoms with Crippen LogP contribution in [0.25, 0.3) is 0 Å². The molecule has 0 bridgehead atoms. The summed E-state index contributed by atoms with van der Waals surface area (Å²) in [7, 11) is 1.24. The fraction of sp³-hybridized carbons (Fsp3) is 0.333. The predicted molar refractivity (Wildman–Crippen MR) is 47.6 cm³/mol. The monoisotopic (exact) mass is 235 g/mol. The summed E-state index contributed by atoms with van der Waals surface area (Å²) in [6, 6.07) is 1.34.